The van der Waals surface area contributed by atoms with Gasteiger partial charge in [-0.05, 0) is 37.1 Å². The summed E-state index contributed by atoms with van der Waals surface area (Å²) in [6, 6.07) is 7.50. The summed E-state index contributed by atoms with van der Waals surface area (Å²) in [5.74, 6) is 2.34. The van der Waals surface area contributed by atoms with Gasteiger partial charge in [-0.15, -0.1) is 0 Å². The van der Waals surface area contributed by atoms with Crippen LogP contribution in [-0.4, -0.2) is 78.7 Å². The van der Waals surface area contributed by atoms with Gasteiger partial charge in [0.1, 0.15) is 11.6 Å². The number of aromatic hydroxyl groups is 1. The van der Waals surface area contributed by atoms with E-state index in [-0.39, 0.29) is 5.75 Å². The van der Waals surface area contributed by atoms with E-state index < -0.39 is 0 Å². The number of para-hydroxylation sites is 1. The van der Waals surface area contributed by atoms with Crippen LogP contribution in [0.3, 0.4) is 0 Å². The smallest absolute Gasteiger partial charge is 0.124 e. The van der Waals surface area contributed by atoms with E-state index in [0.29, 0.717) is 23.1 Å². The zero-order chi connectivity index (χ0) is 20.5. The number of hydrogen-bond acceptors (Lipinski definition) is 7. The van der Waals surface area contributed by atoms with E-state index in [2.05, 4.69) is 34.0 Å². The molecule has 0 bridgehead atoms. The number of nitrogens with two attached hydrogens (primary N) is 2. The lowest BCUT2D eigenvalue weighted by Crippen LogP contribution is -2.60. The maximum atomic E-state index is 10.1. The molecule has 3 heterocycles. The highest BCUT2D eigenvalue weighted by molar-refractivity contribution is 5.70. The van der Waals surface area contributed by atoms with Crippen molar-refractivity contribution in [2.75, 3.05) is 52.9 Å². The predicted molar refractivity (Wildman–Crippen MR) is 117 cm³/mol. The Hall–Kier alpha value is -2.38. The lowest BCUT2D eigenvalue weighted by atomic mass is 9.96. The van der Waals surface area contributed by atoms with Crippen molar-refractivity contribution in [2.24, 2.45) is 23.3 Å². The number of phenols is 1. The minimum absolute atomic E-state index is 0.182. The third-order valence-electron chi connectivity index (χ3n) is 6.63. The molecule has 2 unspecified atom stereocenters. The van der Waals surface area contributed by atoms with Crippen molar-refractivity contribution in [2.45, 2.75) is 13.0 Å². The first-order valence-corrected chi connectivity index (χ1v) is 10.6. The molecule has 2 fully saturated rings. The fourth-order valence-electron chi connectivity index (χ4n) is 5.02. The fraction of sp³-hybridized carbons (Fsp3) is 0.545. The Morgan fingerprint density at radius 3 is 2.76 bits per heavy atom. The van der Waals surface area contributed by atoms with Crippen LogP contribution >= 0.6 is 0 Å². The Labute approximate surface area is 173 Å². The van der Waals surface area contributed by atoms with Gasteiger partial charge in [-0.2, -0.15) is 0 Å². The summed E-state index contributed by atoms with van der Waals surface area (Å²) in [5, 5.41) is 13.5. The zero-order valence-electron chi connectivity index (χ0n) is 17.5. The van der Waals surface area contributed by atoms with Crippen molar-refractivity contribution in [1.29, 1.82) is 0 Å². The third-order valence-corrected chi connectivity index (χ3v) is 6.63. The predicted octanol–water partition coefficient (Wildman–Crippen LogP) is 0.607. The molecule has 0 aliphatic carbocycles. The summed E-state index contributed by atoms with van der Waals surface area (Å²) in [4.78, 5) is 7.43. The molecule has 0 spiro atoms. The minimum atomic E-state index is 0.182. The van der Waals surface area contributed by atoms with E-state index in [4.69, 9.17) is 11.5 Å². The summed E-state index contributed by atoms with van der Waals surface area (Å²) in [5.41, 5.74) is 14.7. The maximum absolute atomic E-state index is 10.1. The van der Waals surface area contributed by atoms with Crippen LogP contribution < -0.4 is 16.8 Å². The van der Waals surface area contributed by atoms with Gasteiger partial charge >= 0.3 is 0 Å². The van der Waals surface area contributed by atoms with Crippen molar-refractivity contribution in [3.63, 3.8) is 0 Å². The van der Waals surface area contributed by atoms with E-state index in [1.54, 1.807) is 12.1 Å². The largest absolute Gasteiger partial charge is 0.507 e. The van der Waals surface area contributed by atoms with Crippen LogP contribution in [0, 0.1) is 11.8 Å². The first kappa shape index (κ1) is 19.9. The summed E-state index contributed by atoms with van der Waals surface area (Å²) in [6.45, 7) is 9.78. The van der Waals surface area contributed by atoms with Crippen molar-refractivity contribution >= 4 is 5.70 Å². The molecule has 158 valence electrons. The van der Waals surface area contributed by atoms with Gasteiger partial charge < -0.3 is 31.7 Å². The molecule has 0 saturated carbocycles. The first-order chi connectivity index (χ1) is 13.9. The zero-order valence-corrected chi connectivity index (χ0v) is 17.5. The van der Waals surface area contributed by atoms with Gasteiger partial charge in [0.05, 0.1) is 11.7 Å². The van der Waals surface area contributed by atoms with E-state index in [9.17, 15) is 5.11 Å². The molecule has 0 aromatic heterocycles. The van der Waals surface area contributed by atoms with Crippen molar-refractivity contribution < 1.29 is 5.11 Å². The highest BCUT2D eigenvalue weighted by Crippen LogP contribution is 2.28. The number of hydrogen-bond donors (Lipinski definition) is 4. The van der Waals surface area contributed by atoms with E-state index in [1.807, 2.05) is 18.2 Å². The molecule has 1 aromatic carbocycles. The fourth-order valence-corrected chi connectivity index (χ4v) is 5.02. The number of allylic oxidation sites excluding steroid dienone is 1. The van der Waals surface area contributed by atoms with Crippen molar-refractivity contribution in [3.05, 3.63) is 47.4 Å². The van der Waals surface area contributed by atoms with E-state index in [1.165, 1.54) is 19.6 Å². The van der Waals surface area contributed by atoms with Gasteiger partial charge in [-0.1, -0.05) is 19.1 Å². The summed E-state index contributed by atoms with van der Waals surface area (Å²) < 4.78 is 0. The molecular formula is C22H34N6O. The molecular weight excluding hydrogens is 364 g/mol. The van der Waals surface area contributed by atoms with Crippen molar-refractivity contribution in [3.8, 4) is 5.75 Å². The Balaban J connectivity index is 1.46. The second-order valence-corrected chi connectivity index (χ2v) is 8.86. The van der Waals surface area contributed by atoms with Crippen molar-refractivity contribution in [1.82, 2.24) is 20.0 Å². The number of fused-ring (bicyclic) bond motifs is 1. The van der Waals surface area contributed by atoms with Gasteiger partial charge in [0.2, 0.25) is 0 Å². The van der Waals surface area contributed by atoms with Gasteiger partial charge in [-0.3, -0.25) is 4.90 Å². The average molecular weight is 399 g/mol. The maximum Gasteiger partial charge on any atom is 0.124 e. The second kappa shape index (κ2) is 8.16. The van der Waals surface area contributed by atoms with Crippen LogP contribution in [0.15, 0.2) is 41.9 Å². The van der Waals surface area contributed by atoms with E-state index >= 15 is 0 Å². The monoisotopic (exact) mass is 398 g/mol. The van der Waals surface area contributed by atoms with Crippen LogP contribution in [0.5, 0.6) is 5.75 Å². The van der Waals surface area contributed by atoms with Gasteiger partial charge in [0, 0.05) is 57.1 Å². The number of phenolic OH excluding ortho intramolecular Hbond substituents is 1. The Morgan fingerprint density at radius 1 is 1.24 bits per heavy atom. The molecule has 0 amide bonds. The second-order valence-electron chi connectivity index (χ2n) is 8.86. The summed E-state index contributed by atoms with van der Waals surface area (Å²) in [7, 11) is 2.22. The Bertz CT molecular complexity index is 806. The average Bonchev–Trinajstić information content (AvgIpc) is 3.01. The molecule has 3 aliphatic rings. The molecule has 3 aliphatic heterocycles. The van der Waals surface area contributed by atoms with Gasteiger partial charge in [0.25, 0.3) is 0 Å². The molecule has 3 atom stereocenters. The van der Waals surface area contributed by atoms with Crippen LogP contribution in [0.4, 0.5) is 0 Å². The first-order valence-electron chi connectivity index (χ1n) is 10.6. The molecule has 7 heteroatoms. The Morgan fingerprint density at radius 2 is 2.03 bits per heavy atom. The quantitative estimate of drug-likeness (QED) is 0.590. The summed E-state index contributed by atoms with van der Waals surface area (Å²) in [6.07, 6.45) is 1.90. The number of rotatable bonds is 4. The van der Waals surface area contributed by atoms with Gasteiger partial charge in [0.15, 0.2) is 0 Å². The lowest BCUT2D eigenvalue weighted by Gasteiger charge is -2.47. The standard InChI is InChI=1S/C22H34N6O/c1-15-11-26(2)12-16(15)13-27-7-8-28-17(14-27)10-25-22(24)20(28)9-19(23)18-5-3-4-6-21(18)29/h3-6,9,15-17,25,29H,7-8,10-14,23-24H2,1-2H3/b19-9-/t15?,16-,17?/m1/s1. The van der Waals surface area contributed by atoms with Crippen LogP contribution in [-0.2, 0) is 0 Å². The van der Waals surface area contributed by atoms with Crippen LogP contribution in [0.2, 0.25) is 0 Å². The van der Waals surface area contributed by atoms with Crippen LogP contribution in [0.1, 0.15) is 12.5 Å². The van der Waals surface area contributed by atoms with Crippen LogP contribution in [0.25, 0.3) is 5.70 Å². The SMILES string of the molecule is CC1CN(C)C[C@@H]1CN1CCN2C(/C=C(\N)c3ccccc3O)=C(N)NCC2C1. The highest BCUT2D eigenvalue weighted by Gasteiger charge is 2.35. The molecule has 7 nitrogen and oxygen atoms in total. The number of nitrogens with one attached hydrogen (secondary N) is 1. The summed E-state index contributed by atoms with van der Waals surface area (Å²) >= 11 is 0. The topological polar surface area (TPSA) is 94.0 Å². The normalized spacial score (nSPS) is 29.1. The number of piperazine rings is 1. The molecule has 29 heavy (non-hydrogen) atoms. The van der Waals surface area contributed by atoms with Gasteiger partial charge in [-0.25, -0.2) is 0 Å². The molecule has 0 radical (unpaired) electrons. The molecule has 1 aromatic rings. The number of likely N-dealkylation sites (tertiary alicyclic amines) is 1. The lowest BCUT2D eigenvalue weighted by molar-refractivity contribution is 0.0807. The van der Waals surface area contributed by atoms with E-state index in [0.717, 1.165) is 43.7 Å². The minimum Gasteiger partial charge on any atom is -0.507 e. The molecule has 6 N–H and O–H groups in total. The highest BCUT2D eigenvalue weighted by atomic mass is 16.3. The molecule has 2 saturated heterocycles. The number of nitrogens with zero attached hydrogens (tertiary/aromatic N) is 3. The Kier molecular flexibility index (Phi) is 5.61. The number of benzene rings is 1. The third kappa shape index (κ3) is 4.16. The molecule has 4 rings (SSSR count).